The summed E-state index contributed by atoms with van der Waals surface area (Å²) < 4.78 is 26.2. The van der Waals surface area contributed by atoms with Crippen LogP contribution in [0.1, 0.15) is 17.3 Å². The van der Waals surface area contributed by atoms with Gasteiger partial charge in [-0.15, -0.1) is 0 Å². The van der Waals surface area contributed by atoms with Gasteiger partial charge in [0.1, 0.15) is 0 Å². The minimum absolute atomic E-state index is 0.161. The standard InChI is InChI=1S/C15H13F2N3O2/c1-8(21)19-9-2-4-10(5-3-9)20-15(22)11-6-12(16)13(17)7-14(11)18/h2-7H,18H2,1H3,(H,19,21)(H,20,22). The molecule has 22 heavy (non-hydrogen) atoms. The fourth-order valence-corrected chi connectivity index (χ4v) is 1.80. The van der Waals surface area contributed by atoms with Crippen molar-refractivity contribution in [3.63, 3.8) is 0 Å². The molecular formula is C15H13F2N3O2. The molecule has 0 aliphatic carbocycles. The quantitative estimate of drug-likeness (QED) is 0.762. The lowest BCUT2D eigenvalue weighted by atomic mass is 10.1. The Morgan fingerprint density at radius 3 is 2.00 bits per heavy atom. The number of amides is 2. The first-order valence-electron chi connectivity index (χ1n) is 6.30. The number of nitrogens with one attached hydrogen (secondary N) is 2. The fraction of sp³-hybridized carbons (Fsp3) is 0.0667. The molecule has 2 aromatic rings. The van der Waals surface area contributed by atoms with Crippen LogP contribution < -0.4 is 16.4 Å². The minimum atomic E-state index is -1.15. The van der Waals surface area contributed by atoms with E-state index in [2.05, 4.69) is 10.6 Å². The van der Waals surface area contributed by atoms with Gasteiger partial charge in [0, 0.05) is 30.1 Å². The highest BCUT2D eigenvalue weighted by atomic mass is 19.2. The maximum absolute atomic E-state index is 13.2. The summed E-state index contributed by atoms with van der Waals surface area (Å²) in [4.78, 5) is 22.9. The summed E-state index contributed by atoms with van der Waals surface area (Å²) in [5.41, 5.74) is 6.17. The molecular weight excluding hydrogens is 292 g/mol. The molecule has 0 heterocycles. The van der Waals surface area contributed by atoms with Gasteiger partial charge in [-0.3, -0.25) is 9.59 Å². The van der Waals surface area contributed by atoms with Gasteiger partial charge in [0.05, 0.1) is 5.56 Å². The lowest BCUT2D eigenvalue weighted by molar-refractivity contribution is -0.114. The third kappa shape index (κ3) is 3.57. The number of benzene rings is 2. The zero-order valence-corrected chi connectivity index (χ0v) is 11.6. The van der Waals surface area contributed by atoms with Crippen LogP contribution >= 0.6 is 0 Å². The third-order valence-corrected chi connectivity index (χ3v) is 2.80. The second-order valence-electron chi connectivity index (χ2n) is 4.57. The minimum Gasteiger partial charge on any atom is -0.398 e. The Morgan fingerprint density at radius 1 is 0.955 bits per heavy atom. The van der Waals surface area contributed by atoms with Crippen molar-refractivity contribution < 1.29 is 18.4 Å². The zero-order valence-electron chi connectivity index (χ0n) is 11.6. The second-order valence-corrected chi connectivity index (χ2v) is 4.57. The molecule has 0 unspecified atom stereocenters. The van der Waals surface area contributed by atoms with E-state index < -0.39 is 17.5 Å². The van der Waals surface area contributed by atoms with Crippen LogP contribution in [0.15, 0.2) is 36.4 Å². The lowest BCUT2D eigenvalue weighted by Gasteiger charge is -2.09. The molecule has 7 heteroatoms. The first-order valence-corrected chi connectivity index (χ1v) is 6.30. The van der Waals surface area contributed by atoms with Crippen LogP contribution in [0.3, 0.4) is 0 Å². The normalized spacial score (nSPS) is 10.1. The van der Waals surface area contributed by atoms with Crippen molar-refractivity contribution in [3.05, 3.63) is 53.6 Å². The van der Waals surface area contributed by atoms with Gasteiger partial charge in [-0.1, -0.05) is 0 Å². The van der Waals surface area contributed by atoms with E-state index in [1.54, 1.807) is 24.3 Å². The van der Waals surface area contributed by atoms with Crippen LogP contribution in [-0.4, -0.2) is 11.8 Å². The number of hydrogen-bond acceptors (Lipinski definition) is 3. The molecule has 0 fully saturated rings. The summed E-state index contributed by atoms with van der Waals surface area (Å²) in [6.07, 6.45) is 0. The zero-order chi connectivity index (χ0) is 16.3. The van der Waals surface area contributed by atoms with Gasteiger partial charge in [-0.25, -0.2) is 8.78 Å². The summed E-state index contributed by atoms with van der Waals surface area (Å²) in [6.45, 7) is 1.38. The van der Waals surface area contributed by atoms with Gasteiger partial charge >= 0.3 is 0 Å². The number of carbonyl (C=O) groups excluding carboxylic acids is 2. The summed E-state index contributed by atoms with van der Waals surface area (Å²) in [5.74, 6) is -3.15. The van der Waals surface area contributed by atoms with Gasteiger partial charge in [0.2, 0.25) is 5.91 Å². The first kappa shape index (κ1) is 15.4. The monoisotopic (exact) mass is 305 g/mol. The fourth-order valence-electron chi connectivity index (χ4n) is 1.80. The molecule has 0 atom stereocenters. The topological polar surface area (TPSA) is 84.2 Å². The molecule has 0 saturated carbocycles. The van der Waals surface area contributed by atoms with Crippen LogP contribution in [-0.2, 0) is 4.79 Å². The van der Waals surface area contributed by atoms with Gasteiger partial charge in [-0.2, -0.15) is 0 Å². The van der Waals surface area contributed by atoms with Gasteiger partial charge in [0.25, 0.3) is 5.91 Å². The van der Waals surface area contributed by atoms with Crippen LogP contribution in [0.2, 0.25) is 0 Å². The van der Waals surface area contributed by atoms with E-state index in [1.165, 1.54) is 6.92 Å². The highest BCUT2D eigenvalue weighted by Gasteiger charge is 2.14. The highest BCUT2D eigenvalue weighted by molar-refractivity contribution is 6.07. The number of halogens is 2. The SMILES string of the molecule is CC(=O)Nc1ccc(NC(=O)c2cc(F)c(F)cc2N)cc1. The number of anilines is 3. The third-order valence-electron chi connectivity index (χ3n) is 2.80. The van der Waals surface area contributed by atoms with E-state index in [-0.39, 0.29) is 17.2 Å². The van der Waals surface area contributed by atoms with Crippen molar-refractivity contribution in [1.82, 2.24) is 0 Å². The summed E-state index contributed by atoms with van der Waals surface area (Å²) >= 11 is 0. The number of carbonyl (C=O) groups is 2. The molecule has 0 radical (unpaired) electrons. The maximum Gasteiger partial charge on any atom is 0.257 e. The van der Waals surface area contributed by atoms with Crippen LogP contribution in [0.25, 0.3) is 0 Å². The summed E-state index contributed by atoms with van der Waals surface area (Å²) in [6, 6.07) is 7.78. The highest BCUT2D eigenvalue weighted by Crippen LogP contribution is 2.19. The van der Waals surface area contributed by atoms with Crippen molar-refractivity contribution in [2.24, 2.45) is 0 Å². The molecule has 0 aromatic heterocycles. The molecule has 2 amide bonds. The number of nitrogen functional groups attached to an aromatic ring is 1. The Balaban J connectivity index is 2.15. The van der Waals surface area contributed by atoms with Crippen molar-refractivity contribution in [2.75, 3.05) is 16.4 Å². The lowest BCUT2D eigenvalue weighted by Crippen LogP contribution is -2.15. The molecule has 4 N–H and O–H groups in total. The smallest absolute Gasteiger partial charge is 0.257 e. The maximum atomic E-state index is 13.2. The number of rotatable bonds is 3. The summed E-state index contributed by atoms with van der Waals surface area (Å²) in [7, 11) is 0. The van der Waals surface area contributed by atoms with Crippen LogP contribution in [0, 0.1) is 11.6 Å². The molecule has 0 saturated heterocycles. The van der Waals surface area contributed by atoms with Gasteiger partial charge in [-0.05, 0) is 30.3 Å². The molecule has 114 valence electrons. The van der Waals surface area contributed by atoms with Gasteiger partial charge in [0.15, 0.2) is 11.6 Å². The van der Waals surface area contributed by atoms with Crippen molar-refractivity contribution in [3.8, 4) is 0 Å². The Kier molecular flexibility index (Phi) is 4.36. The van der Waals surface area contributed by atoms with E-state index in [1.807, 2.05) is 0 Å². The summed E-state index contributed by atoms with van der Waals surface area (Å²) in [5, 5.41) is 5.08. The van der Waals surface area contributed by atoms with E-state index in [4.69, 9.17) is 5.73 Å². The van der Waals surface area contributed by atoms with E-state index in [0.29, 0.717) is 11.4 Å². The molecule has 0 aliphatic rings. The average molecular weight is 305 g/mol. The molecule has 0 spiro atoms. The van der Waals surface area contributed by atoms with Crippen molar-refractivity contribution in [2.45, 2.75) is 6.92 Å². The van der Waals surface area contributed by atoms with Gasteiger partial charge < -0.3 is 16.4 Å². The predicted molar refractivity (Wildman–Crippen MR) is 79.5 cm³/mol. The van der Waals surface area contributed by atoms with Crippen molar-refractivity contribution >= 4 is 28.9 Å². The Bertz CT molecular complexity index is 730. The van der Waals surface area contributed by atoms with E-state index in [9.17, 15) is 18.4 Å². The molecule has 0 aliphatic heterocycles. The van der Waals surface area contributed by atoms with Crippen molar-refractivity contribution in [1.29, 1.82) is 0 Å². The number of hydrogen-bond donors (Lipinski definition) is 3. The Morgan fingerprint density at radius 2 is 1.45 bits per heavy atom. The van der Waals surface area contributed by atoms with E-state index in [0.717, 1.165) is 12.1 Å². The molecule has 2 aromatic carbocycles. The predicted octanol–water partition coefficient (Wildman–Crippen LogP) is 2.76. The largest absolute Gasteiger partial charge is 0.398 e. The number of nitrogens with two attached hydrogens (primary N) is 1. The average Bonchev–Trinajstić information content (AvgIpc) is 2.44. The van der Waals surface area contributed by atoms with Crippen LogP contribution in [0.4, 0.5) is 25.8 Å². The Hall–Kier alpha value is -2.96. The van der Waals surface area contributed by atoms with E-state index >= 15 is 0 Å². The molecule has 5 nitrogen and oxygen atoms in total. The Labute approximate surface area is 125 Å². The molecule has 0 bridgehead atoms. The van der Waals surface area contributed by atoms with Crippen LogP contribution in [0.5, 0.6) is 0 Å². The molecule has 2 rings (SSSR count). The second kappa shape index (κ2) is 6.21. The first-order chi connectivity index (χ1) is 10.4.